The zero-order valence-electron chi connectivity index (χ0n) is 14.5. The van der Waals surface area contributed by atoms with Crippen LogP contribution in [0, 0.1) is 0 Å². The molecule has 0 atom stereocenters. The molecule has 1 aromatic heterocycles. The second-order valence-electron chi connectivity index (χ2n) is 6.18. The smallest absolute Gasteiger partial charge is 0.278 e. The summed E-state index contributed by atoms with van der Waals surface area (Å²) in [5.74, 6) is 0.723. The molecule has 1 fully saturated rings. The van der Waals surface area contributed by atoms with Crippen molar-refractivity contribution in [1.29, 1.82) is 0 Å². The number of benzene rings is 2. The van der Waals surface area contributed by atoms with Crippen LogP contribution in [0.2, 0.25) is 5.02 Å². The van der Waals surface area contributed by atoms with Gasteiger partial charge in [0.05, 0.1) is 0 Å². The van der Waals surface area contributed by atoms with Crippen molar-refractivity contribution in [2.75, 3.05) is 31.1 Å². The fourth-order valence-corrected chi connectivity index (χ4v) is 3.66. The summed E-state index contributed by atoms with van der Waals surface area (Å²) in [6, 6.07) is 15.0. The summed E-state index contributed by atoms with van der Waals surface area (Å²) >= 11 is 7.38. The van der Waals surface area contributed by atoms with E-state index < -0.39 is 0 Å². The molecule has 1 aliphatic heterocycles. The van der Waals surface area contributed by atoms with Gasteiger partial charge in [0.1, 0.15) is 5.75 Å². The Hall–Kier alpha value is -2.57. The summed E-state index contributed by atoms with van der Waals surface area (Å²) in [6.45, 7) is 2.99. The molecular weight excluding hydrogens is 382 g/mol. The minimum absolute atomic E-state index is 0.0477. The van der Waals surface area contributed by atoms with Crippen molar-refractivity contribution in [3.05, 3.63) is 70.7 Å². The van der Waals surface area contributed by atoms with E-state index in [0.29, 0.717) is 29.6 Å². The van der Waals surface area contributed by atoms with Crippen LogP contribution in [0.1, 0.15) is 10.4 Å². The maximum Gasteiger partial charge on any atom is 0.278 e. The molecule has 1 amide bonds. The first-order valence-corrected chi connectivity index (χ1v) is 9.92. The fraction of sp³-hybridized carbons (Fsp3) is 0.200. The summed E-state index contributed by atoms with van der Waals surface area (Å²) in [5.41, 5.74) is 1.80. The van der Waals surface area contributed by atoms with Gasteiger partial charge in [-0.25, -0.2) is 4.98 Å². The Morgan fingerprint density at radius 1 is 1.00 bits per heavy atom. The Bertz CT molecular complexity index is 890. The number of rotatable bonds is 4. The van der Waals surface area contributed by atoms with Crippen LogP contribution in [0.3, 0.4) is 0 Å². The van der Waals surface area contributed by atoms with Gasteiger partial charge in [-0.3, -0.25) is 4.79 Å². The average Bonchev–Trinajstić information content (AvgIpc) is 3.22. The summed E-state index contributed by atoms with van der Waals surface area (Å²) in [7, 11) is 0. The lowest BCUT2D eigenvalue weighted by Crippen LogP contribution is -2.48. The van der Waals surface area contributed by atoms with E-state index in [2.05, 4.69) is 9.88 Å². The van der Waals surface area contributed by atoms with E-state index >= 15 is 0 Å². The number of halogens is 1. The predicted octanol–water partition coefficient (Wildman–Crippen LogP) is 4.55. The van der Waals surface area contributed by atoms with Crippen LogP contribution in [-0.2, 0) is 0 Å². The molecule has 0 spiro atoms. The Labute approximate surface area is 166 Å². The van der Waals surface area contributed by atoms with Gasteiger partial charge in [0, 0.05) is 54.0 Å². The lowest BCUT2D eigenvalue weighted by molar-refractivity contribution is 0.0747. The number of nitrogens with zero attached hydrogens (tertiary/aromatic N) is 3. The lowest BCUT2D eigenvalue weighted by atomic mass is 10.1. The van der Waals surface area contributed by atoms with E-state index in [1.165, 1.54) is 11.3 Å². The van der Waals surface area contributed by atoms with Crippen molar-refractivity contribution in [1.82, 2.24) is 9.88 Å². The van der Waals surface area contributed by atoms with Gasteiger partial charge >= 0.3 is 0 Å². The molecule has 2 heterocycles. The fourth-order valence-electron chi connectivity index (χ4n) is 3.03. The molecule has 2 aromatic carbocycles. The van der Waals surface area contributed by atoms with Crippen LogP contribution in [0.25, 0.3) is 0 Å². The van der Waals surface area contributed by atoms with Crippen LogP contribution in [0.4, 0.5) is 5.69 Å². The molecule has 5 nitrogen and oxygen atoms in total. The quantitative estimate of drug-likeness (QED) is 0.645. The normalized spacial score (nSPS) is 14.3. The summed E-state index contributed by atoms with van der Waals surface area (Å²) in [5, 5.41) is 3.18. The molecule has 1 aliphatic rings. The van der Waals surface area contributed by atoms with Crippen molar-refractivity contribution >= 4 is 34.5 Å². The molecule has 0 aliphatic carbocycles. The second-order valence-corrected chi connectivity index (χ2v) is 7.47. The minimum Gasteiger partial charge on any atom is -0.431 e. The first-order valence-electron chi connectivity index (χ1n) is 8.66. The number of ether oxygens (including phenoxy) is 1. The number of amides is 1. The third-order valence-corrected chi connectivity index (χ3v) is 5.37. The van der Waals surface area contributed by atoms with Gasteiger partial charge in [0.15, 0.2) is 0 Å². The third-order valence-electron chi connectivity index (χ3n) is 4.47. The number of hydrogen-bond acceptors (Lipinski definition) is 5. The number of aromatic nitrogens is 1. The van der Waals surface area contributed by atoms with Crippen LogP contribution >= 0.6 is 22.9 Å². The highest BCUT2D eigenvalue weighted by molar-refractivity contribution is 7.11. The Morgan fingerprint density at radius 3 is 2.33 bits per heavy atom. The minimum atomic E-state index is 0.0477. The van der Waals surface area contributed by atoms with E-state index in [1.807, 2.05) is 34.5 Å². The van der Waals surface area contributed by atoms with Gasteiger partial charge < -0.3 is 14.5 Å². The molecule has 0 radical (unpaired) electrons. The number of thiazole rings is 1. The maximum atomic E-state index is 12.8. The SMILES string of the molecule is O=C(c1ccc(Oc2nccs2)cc1)N1CCN(c2ccc(Cl)cc2)CC1. The van der Waals surface area contributed by atoms with Crippen molar-refractivity contribution in [2.24, 2.45) is 0 Å². The zero-order valence-corrected chi connectivity index (χ0v) is 16.1. The summed E-state index contributed by atoms with van der Waals surface area (Å²) in [4.78, 5) is 21.0. The first-order chi connectivity index (χ1) is 13.2. The molecule has 0 unspecified atom stereocenters. The monoisotopic (exact) mass is 399 g/mol. The van der Waals surface area contributed by atoms with Crippen LogP contribution in [0.15, 0.2) is 60.1 Å². The number of anilines is 1. The predicted molar refractivity (Wildman–Crippen MR) is 108 cm³/mol. The molecule has 0 N–H and O–H groups in total. The van der Waals surface area contributed by atoms with Gasteiger partial charge in [0.2, 0.25) is 0 Å². The van der Waals surface area contributed by atoms with Crippen molar-refractivity contribution in [3.8, 4) is 10.9 Å². The lowest BCUT2D eigenvalue weighted by Gasteiger charge is -2.36. The number of carbonyl (C=O) groups excluding carboxylic acids is 1. The Balaban J connectivity index is 1.35. The largest absolute Gasteiger partial charge is 0.431 e. The molecule has 3 aromatic rings. The van der Waals surface area contributed by atoms with Gasteiger partial charge in [0.25, 0.3) is 11.1 Å². The number of hydrogen-bond donors (Lipinski definition) is 0. The van der Waals surface area contributed by atoms with E-state index in [-0.39, 0.29) is 5.91 Å². The van der Waals surface area contributed by atoms with Crippen LogP contribution in [-0.4, -0.2) is 42.0 Å². The standard InChI is InChI=1S/C20H18ClN3O2S/c21-16-3-5-17(6-4-16)23-10-12-24(13-11-23)19(25)15-1-7-18(8-2-15)26-20-22-9-14-27-20/h1-9,14H,10-13H2. The van der Waals surface area contributed by atoms with Gasteiger partial charge in [-0.1, -0.05) is 22.9 Å². The Morgan fingerprint density at radius 2 is 1.70 bits per heavy atom. The number of carbonyl (C=O) groups is 1. The van der Waals surface area contributed by atoms with Gasteiger partial charge in [-0.15, -0.1) is 0 Å². The van der Waals surface area contributed by atoms with E-state index in [0.717, 1.165) is 23.8 Å². The van der Waals surface area contributed by atoms with Crippen molar-refractivity contribution in [3.63, 3.8) is 0 Å². The number of piperazine rings is 1. The third kappa shape index (κ3) is 4.23. The van der Waals surface area contributed by atoms with E-state index in [1.54, 1.807) is 30.5 Å². The molecule has 138 valence electrons. The molecular formula is C20H18ClN3O2S. The molecule has 4 rings (SSSR count). The molecule has 1 saturated heterocycles. The van der Waals surface area contributed by atoms with E-state index in [9.17, 15) is 4.79 Å². The highest BCUT2D eigenvalue weighted by Gasteiger charge is 2.22. The van der Waals surface area contributed by atoms with Crippen molar-refractivity contribution in [2.45, 2.75) is 0 Å². The topological polar surface area (TPSA) is 45.7 Å². The molecule has 27 heavy (non-hydrogen) atoms. The van der Waals surface area contributed by atoms with Crippen molar-refractivity contribution < 1.29 is 9.53 Å². The molecule has 0 saturated carbocycles. The Kier molecular flexibility index (Phi) is 5.27. The molecule has 0 bridgehead atoms. The highest BCUT2D eigenvalue weighted by Crippen LogP contribution is 2.24. The van der Waals surface area contributed by atoms with Crippen LogP contribution < -0.4 is 9.64 Å². The highest BCUT2D eigenvalue weighted by atomic mass is 35.5. The zero-order chi connectivity index (χ0) is 18.6. The van der Waals surface area contributed by atoms with Gasteiger partial charge in [-0.05, 0) is 48.5 Å². The van der Waals surface area contributed by atoms with Gasteiger partial charge in [-0.2, -0.15) is 0 Å². The van der Waals surface area contributed by atoms with E-state index in [4.69, 9.17) is 16.3 Å². The second kappa shape index (κ2) is 7.98. The first kappa shape index (κ1) is 17.8. The molecule has 7 heteroatoms. The summed E-state index contributed by atoms with van der Waals surface area (Å²) in [6.07, 6.45) is 1.70. The maximum absolute atomic E-state index is 12.8. The summed E-state index contributed by atoms with van der Waals surface area (Å²) < 4.78 is 5.64. The van der Waals surface area contributed by atoms with Crippen LogP contribution in [0.5, 0.6) is 10.9 Å². The average molecular weight is 400 g/mol.